The maximum absolute atomic E-state index is 13.0. The highest BCUT2D eigenvalue weighted by atomic mass is 32.2. The molecule has 0 aliphatic rings. The van der Waals surface area contributed by atoms with Gasteiger partial charge in [0.2, 0.25) is 0 Å². The van der Waals surface area contributed by atoms with E-state index in [2.05, 4.69) is 5.32 Å². The fourth-order valence-corrected chi connectivity index (χ4v) is 3.44. The molecule has 3 rings (SSSR count). The highest BCUT2D eigenvalue weighted by Gasteiger charge is 2.21. The lowest BCUT2D eigenvalue weighted by Gasteiger charge is -2.10. The van der Waals surface area contributed by atoms with E-state index in [4.69, 9.17) is 0 Å². The largest absolute Gasteiger partial charge is 0.348 e. The van der Waals surface area contributed by atoms with E-state index in [1.54, 1.807) is 30.5 Å². The highest BCUT2D eigenvalue weighted by molar-refractivity contribution is 7.98. The molecule has 6 nitrogen and oxygen atoms in total. The minimum absolute atomic E-state index is 0.123. The molecule has 0 saturated heterocycles. The van der Waals surface area contributed by atoms with Crippen molar-refractivity contribution in [3.05, 3.63) is 105 Å². The van der Waals surface area contributed by atoms with Crippen molar-refractivity contribution >= 4 is 29.1 Å². The molecule has 3 aromatic rings. The van der Waals surface area contributed by atoms with Crippen LogP contribution in [0.15, 0.2) is 71.6 Å². The van der Waals surface area contributed by atoms with Crippen molar-refractivity contribution in [3.63, 3.8) is 0 Å². The number of ketones is 1. The van der Waals surface area contributed by atoms with Crippen molar-refractivity contribution in [3.8, 4) is 0 Å². The van der Waals surface area contributed by atoms with Crippen LogP contribution in [0.4, 0.5) is 10.1 Å². The number of nitrogens with zero attached hydrogens (tertiary/aromatic N) is 1. The van der Waals surface area contributed by atoms with Crippen LogP contribution in [-0.2, 0) is 6.54 Å². The zero-order chi connectivity index (χ0) is 21.7. The van der Waals surface area contributed by atoms with Crippen molar-refractivity contribution < 1.29 is 18.9 Å². The number of nitro groups is 1. The third-order valence-corrected chi connectivity index (χ3v) is 5.21. The van der Waals surface area contributed by atoms with E-state index in [9.17, 15) is 24.1 Å². The predicted octanol–water partition coefficient (Wildman–Crippen LogP) is 4.62. The molecule has 30 heavy (non-hydrogen) atoms. The maximum atomic E-state index is 13.0. The summed E-state index contributed by atoms with van der Waals surface area (Å²) in [5.41, 5.74) is 0.961. The molecule has 0 aromatic heterocycles. The monoisotopic (exact) mass is 424 g/mol. The number of nitro benzene ring substituents is 1. The Morgan fingerprint density at radius 1 is 1.03 bits per heavy atom. The summed E-state index contributed by atoms with van der Waals surface area (Å²) in [5.74, 6) is -1.33. The molecular weight excluding hydrogens is 407 g/mol. The molecule has 152 valence electrons. The summed E-state index contributed by atoms with van der Waals surface area (Å²) in [6.07, 6.45) is 1.71. The van der Waals surface area contributed by atoms with Crippen molar-refractivity contribution in [1.29, 1.82) is 0 Å². The average Bonchev–Trinajstić information content (AvgIpc) is 2.77. The molecule has 1 amide bonds. The molecule has 3 aromatic carbocycles. The Hall–Kier alpha value is -3.52. The normalized spacial score (nSPS) is 10.5. The first-order valence-corrected chi connectivity index (χ1v) is 10.1. The molecule has 0 heterocycles. The van der Waals surface area contributed by atoms with Gasteiger partial charge in [-0.2, -0.15) is 0 Å². The summed E-state index contributed by atoms with van der Waals surface area (Å²) in [7, 11) is 0. The Morgan fingerprint density at radius 2 is 1.70 bits per heavy atom. The number of hydrogen-bond donors (Lipinski definition) is 1. The lowest BCUT2D eigenvalue weighted by molar-refractivity contribution is -0.387. The van der Waals surface area contributed by atoms with Crippen LogP contribution in [0.5, 0.6) is 0 Å². The Morgan fingerprint density at radius 3 is 2.33 bits per heavy atom. The fraction of sp³-hybridized carbons (Fsp3) is 0.0909. The van der Waals surface area contributed by atoms with Crippen LogP contribution in [-0.4, -0.2) is 22.9 Å². The zero-order valence-corrected chi connectivity index (χ0v) is 16.7. The molecule has 0 aliphatic heterocycles. The van der Waals surface area contributed by atoms with Crippen LogP contribution in [0.2, 0.25) is 0 Å². The van der Waals surface area contributed by atoms with Gasteiger partial charge in [-0.15, -0.1) is 11.8 Å². The van der Waals surface area contributed by atoms with Gasteiger partial charge in [-0.25, -0.2) is 4.39 Å². The summed E-state index contributed by atoms with van der Waals surface area (Å²) in [6.45, 7) is 0.162. The number of thioether (sulfide) groups is 1. The molecule has 1 N–H and O–H groups in total. The van der Waals surface area contributed by atoms with Crippen LogP contribution >= 0.6 is 11.8 Å². The number of halogens is 1. The molecule has 8 heteroatoms. The van der Waals surface area contributed by atoms with Gasteiger partial charge in [0.05, 0.1) is 15.4 Å². The number of benzene rings is 3. The van der Waals surface area contributed by atoms with Gasteiger partial charge in [0.15, 0.2) is 5.78 Å². The summed E-state index contributed by atoms with van der Waals surface area (Å²) >= 11 is 1.21. The Kier molecular flexibility index (Phi) is 6.58. The fourth-order valence-electron chi connectivity index (χ4n) is 2.89. The first-order chi connectivity index (χ1) is 14.4. The van der Waals surface area contributed by atoms with Gasteiger partial charge in [-0.3, -0.25) is 19.7 Å². The van der Waals surface area contributed by atoms with Crippen LogP contribution in [0.3, 0.4) is 0 Å². The second-order valence-corrected chi connectivity index (χ2v) is 7.18. The molecule has 0 saturated carbocycles. The van der Waals surface area contributed by atoms with Crippen molar-refractivity contribution in [2.45, 2.75) is 11.4 Å². The van der Waals surface area contributed by atoms with E-state index in [0.29, 0.717) is 10.5 Å². The Labute approximate surface area is 176 Å². The topological polar surface area (TPSA) is 89.3 Å². The zero-order valence-electron chi connectivity index (χ0n) is 15.9. The molecule has 0 fully saturated rings. The Balaban J connectivity index is 1.86. The second kappa shape index (κ2) is 9.32. The quantitative estimate of drug-likeness (QED) is 0.259. The third-order valence-electron chi connectivity index (χ3n) is 4.42. The smallest absolute Gasteiger partial charge is 0.283 e. The molecule has 0 aliphatic carbocycles. The second-order valence-electron chi connectivity index (χ2n) is 6.33. The summed E-state index contributed by atoms with van der Waals surface area (Å²) < 4.78 is 13.0. The summed E-state index contributed by atoms with van der Waals surface area (Å²) in [5, 5.41) is 14.0. The molecule has 0 radical (unpaired) electrons. The van der Waals surface area contributed by atoms with Crippen molar-refractivity contribution in [1.82, 2.24) is 5.32 Å². The van der Waals surface area contributed by atoms with E-state index in [1.165, 1.54) is 54.2 Å². The standard InChI is InChI=1S/C22H17FN2O4S/c1-30-20-11-8-15(12-19(20)25(28)29)21(26)17-4-2-3-5-18(17)22(27)24-13-14-6-9-16(23)10-7-14/h2-12H,13H2,1H3,(H,24,27). The number of carbonyl (C=O) groups is 2. The van der Waals surface area contributed by atoms with Gasteiger partial charge in [-0.1, -0.05) is 30.3 Å². The van der Waals surface area contributed by atoms with Gasteiger partial charge in [-0.05, 0) is 42.2 Å². The van der Waals surface area contributed by atoms with Crippen LogP contribution in [0, 0.1) is 15.9 Å². The molecule has 0 spiro atoms. The lowest BCUT2D eigenvalue weighted by atomic mass is 9.97. The van der Waals surface area contributed by atoms with E-state index >= 15 is 0 Å². The van der Waals surface area contributed by atoms with Gasteiger partial charge in [0, 0.05) is 23.7 Å². The molecule has 0 bridgehead atoms. The first kappa shape index (κ1) is 21.2. The van der Waals surface area contributed by atoms with Gasteiger partial charge < -0.3 is 5.32 Å². The van der Waals surface area contributed by atoms with Gasteiger partial charge in [0.25, 0.3) is 11.6 Å². The number of nitrogens with one attached hydrogen (secondary N) is 1. The van der Waals surface area contributed by atoms with Gasteiger partial charge >= 0.3 is 0 Å². The highest BCUT2D eigenvalue weighted by Crippen LogP contribution is 2.29. The van der Waals surface area contributed by atoms with Crippen LogP contribution in [0.1, 0.15) is 31.8 Å². The van der Waals surface area contributed by atoms with Crippen molar-refractivity contribution in [2.24, 2.45) is 0 Å². The number of hydrogen-bond acceptors (Lipinski definition) is 5. The number of carbonyl (C=O) groups excluding carboxylic acids is 2. The van der Waals surface area contributed by atoms with E-state index in [1.807, 2.05) is 0 Å². The minimum atomic E-state index is -0.538. The van der Waals surface area contributed by atoms with E-state index in [-0.39, 0.29) is 34.7 Å². The number of rotatable bonds is 7. The Bertz CT molecular complexity index is 1120. The molecule has 0 unspecified atom stereocenters. The molecular formula is C22H17FN2O4S. The third kappa shape index (κ3) is 4.72. The van der Waals surface area contributed by atoms with E-state index < -0.39 is 16.6 Å². The SMILES string of the molecule is CSc1ccc(C(=O)c2ccccc2C(=O)NCc2ccc(F)cc2)cc1[N+](=O)[O-]. The van der Waals surface area contributed by atoms with Crippen LogP contribution < -0.4 is 5.32 Å². The lowest BCUT2D eigenvalue weighted by Crippen LogP contribution is -2.25. The molecule has 0 atom stereocenters. The van der Waals surface area contributed by atoms with Crippen LogP contribution in [0.25, 0.3) is 0 Å². The predicted molar refractivity (Wildman–Crippen MR) is 112 cm³/mol. The first-order valence-electron chi connectivity index (χ1n) is 8.89. The maximum Gasteiger partial charge on any atom is 0.283 e. The summed E-state index contributed by atoms with van der Waals surface area (Å²) in [4.78, 5) is 36.9. The minimum Gasteiger partial charge on any atom is -0.348 e. The average molecular weight is 424 g/mol. The summed E-state index contributed by atoms with van der Waals surface area (Å²) in [6, 6.07) is 16.2. The van der Waals surface area contributed by atoms with Gasteiger partial charge in [0.1, 0.15) is 5.82 Å². The van der Waals surface area contributed by atoms with E-state index in [0.717, 1.165) is 0 Å². The number of amides is 1. The van der Waals surface area contributed by atoms with Crippen molar-refractivity contribution in [2.75, 3.05) is 6.26 Å².